The Balaban J connectivity index is 2.14. The van der Waals surface area contributed by atoms with Crippen molar-refractivity contribution in [2.24, 2.45) is 11.8 Å². The Bertz CT molecular complexity index is 222. The molecule has 0 radical (unpaired) electrons. The molecule has 0 amide bonds. The molecule has 2 unspecified atom stereocenters. The molecule has 0 heterocycles. The Kier molecular flexibility index (Phi) is 2.87. The minimum absolute atomic E-state index is 0.940. The fourth-order valence-electron chi connectivity index (χ4n) is 2.90. The maximum atomic E-state index is 2.39. The lowest BCUT2D eigenvalue weighted by Gasteiger charge is -2.19. The van der Waals surface area contributed by atoms with Crippen LogP contribution in [0.25, 0.3) is 0 Å². The molecule has 13 heavy (non-hydrogen) atoms. The van der Waals surface area contributed by atoms with Crippen molar-refractivity contribution in [1.82, 2.24) is 0 Å². The third-order valence-electron chi connectivity index (χ3n) is 3.71. The van der Waals surface area contributed by atoms with E-state index in [-0.39, 0.29) is 0 Å². The van der Waals surface area contributed by atoms with Crippen LogP contribution in [0.3, 0.4) is 0 Å². The summed E-state index contributed by atoms with van der Waals surface area (Å²) in [4.78, 5) is 0. The number of rotatable bonds is 1. The second-order valence-corrected chi connectivity index (χ2v) is 4.41. The van der Waals surface area contributed by atoms with Crippen molar-refractivity contribution in [1.29, 1.82) is 0 Å². The maximum absolute atomic E-state index is 2.39. The van der Waals surface area contributed by atoms with Gasteiger partial charge in [-0.05, 0) is 43.9 Å². The lowest BCUT2D eigenvalue weighted by atomic mass is 9.86. The van der Waals surface area contributed by atoms with Gasteiger partial charge in [0.25, 0.3) is 0 Å². The molecule has 0 aliphatic heterocycles. The number of hydrogen-bond donors (Lipinski definition) is 0. The van der Waals surface area contributed by atoms with Gasteiger partial charge in [-0.2, -0.15) is 0 Å². The second kappa shape index (κ2) is 4.13. The number of fused-ring (bicyclic) bond motifs is 1. The molecule has 1 fully saturated rings. The van der Waals surface area contributed by atoms with Gasteiger partial charge in [0.15, 0.2) is 0 Å². The largest absolute Gasteiger partial charge is 0.0845 e. The van der Waals surface area contributed by atoms with Crippen LogP contribution < -0.4 is 0 Å². The maximum Gasteiger partial charge on any atom is -0.0172 e. The fourth-order valence-corrected chi connectivity index (χ4v) is 2.90. The van der Waals surface area contributed by atoms with Crippen LogP contribution in [0.1, 0.15) is 45.4 Å². The first kappa shape index (κ1) is 9.05. The highest BCUT2D eigenvalue weighted by molar-refractivity contribution is 5.20. The average Bonchev–Trinajstić information content (AvgIpc) is 2.46. The molecule has 0 aromatic carbocycles. The zero-order valence-electron chi connectivity index (χ0n) is 8.63. The highest BCUT2D eigenvalue weighted by Gasteiger charge is 2.29. The summed E-state index contributed by atoms with van der Waals surface area (Å²) in [5.41, 5.74) is 1.74. The van der Waals surface area contributed by atoms with Crippen LogP contribution in [0.4, 0.5) is 0 Å². The van der Waals surface area contributed by atoms with Gasteiger partial charge in [-0.25, -0.2) is 0 Å². The van der Waals surface area contributed by atoms with Gasteiger partial charge in [0, 0.05) is 0 Å². The van der Waals surface area contributed by atoms with E-state index in [0.29, 0.717) is 0 Å². The lowest BCUT2D eigenvalue weighted by molar-refractivity contribution is 0.380. The highest BCUT2D eigenvalue weighted by Crippen LogP contribution is 2.41. The molecule has 0 saturated heterocycles. The molecule has 2 aliphatic carbocycles. The van der Waals surface area contributed by atoms with Crippen molar-refractivity contribution in [2.45, 2.75) is 45.4 Å². The van der Waals surface area contributed by atoms with E-state index in [1.807, 2.05) is 0 Å². The molecular formula is C13H20. The molecule has 1 saturated carbocycles. The minimum Gasteiger partial charge on any atom is -0.0845 e. The molecule has 0 spiro atoms. The molecule has 0 aromatic heterocycles. The van der Waals surface area contributed by atoms with Crippen LogP contribution >= 0.6 is 0 Å². The van der Waals surface area contributed by atoms with Crippen LogP contribution in [-0.4, -0.2) is 0 Å². The predicted molar refractivity (Wildman–Crippen MR) is 57.6 cm³/mol. The van der Waals surface area contributed by atoms with Gasteiger partial charge in [0.1, 0.15) is 0 Å². The summed E-state index contributed by atoms with van der Waals surface area (Å²) in [7, 11) is 0. The monoisotopic (exact) mass is 176 g/mol. The van der Waals surface area contributed by atoms with Crippen LogP contribution in [-0.2, 0) is 0 Å². The molecule has 0 N–H and O–H groups in total. The molecule has 2 rings (SSSR count). The van der Waals surface area contributed by atoms with Crippen molar-refractivity contribution in [3.05, 3.63) is 23.8 Å². The first-order valence-corrected chi connectivity index (χ1v) is 5.77. The van der Waals surface area contributed by atoms with E-state index in [9.17, 15) is 0 Å². The van der Waals surface area contributed by atoms with Crippen LogP contribution in [0.15, 0.2) is 23.8 Å². The quantitative estimate of drug-likeness (QED) is 0.564. The molecular weight excluding hydrogens is 156 g/mol. The summed E-state index contributed by atoms with van der Waals surface area (Å²) in [6.07, 6.45) is 15.3. The Hall–Kier alpha value is -0.520. The van der Waals surface area contributed by atoms with E-state index in [1.165, 1.54) is 38.5 Å². The zero-order valence-corrected chi connectivity index (χ0v) is 8.63. The van der Waals surface area contributed by atoms with Crippen LogP contribution in [0.5, 0.6) is 0 Å². The Labute approximate surface area is 81.7 Å². The smallest absolute Gasteiger partial charge is 0.0172 e. The first-order valence-electron chi connectivity index (χ1n) is 5.77. The normalized spacial score (nSPS) is 39.9. The van der Waals surface area contributed by atoms with E-state index in [1.54, 1.807) is 5.57 Å². The molecule has 72 valence electrons. The first-order chi connectivity index (χ1) is 6.42. The summed E-state index contributed by atoms with van der Waals surface area (Å²) in [6.45, 7) is 2.35. The van der Waals surface area contributed by atoms with Gasteiger partial charge in [-0.3, -0.25) is 0 Å². The van der Waals surface area contributed by atoms with Crippen molar-refractivity contribution in [3.8, 4) is 0 Å². The summed E-state index contributed by atoms with van der Waals surface area (Å²) in [6, 6.07) is 0. The fraction of sp³-hybridized carbons (Fsp3) is 0.692. The van der Waals surface area contributed by atoms with Crippen molar-refractivity contribution >= 4 is 0 Å². The lowest BCUT2D eigenvalue weighted by Crippen LogP contribution is -2.08. The van der Waals surface area contributed by atoms with Gasteiger partial charge in [0.2, 0.25) is 0 Å². The third-order valence-corrected chi connectivity index (χ3v) is 3.71. The molecule has 0 heteroatoms. The van der Waals surface area contributed by atoms with E-state index in [0.717, 1.165) is 11.8 Å². The van der Waals surface area contributed by atoms with Crippen molar-refractivity contribution in [3.63, 3.8) is 0 Å². The molecule has 0 aromatic rings. The van der Waals surface area contributed by atoms with E-state index < -0.39 is 0 Å². The van der Waals surface area contributed by atoms with Gasteiger partial charge in [0.05, 0.1) is 0 Å². The number of allylic oxidation sites excluding steroid dienone is 4. The third kappa shape index (κ3) is 1.87. The van der Waals surface area contributed by atoms with Gasteiger partial charge in [-0.1, -0.05) is 37.1 Å². The van der Waals surface area contributed by atoms with Gasteiger partial charge in [-0.15, -0.1) is 0 Å². The molecule has 2 atom stereocenters. The molecule has 0 bridgehead atoms. The second-order valence-electron chi connectivity index (χ2n) is 4.41. The topological polar surface area (TPSA) is 0 Å². The van der Waals surface area contributed by atoms with E-state index in [4.69, 9.17) is 0 Å². The van der Waals surface area contributed by atoms with Crippen molar-refractivity contribution in [2.75, 3.05) is 0 Å². The van der Waals surface area contributed by atoms with Crippen LogP contribution in [0, 0.1) is 11.8 Å². The van der Waals surface area contributed by atoms with Crippen LogP contribution in [0.2, 0.25) is 0 Å². The SMILES string of the molecule is CCC1CC/C2=C/C=C\CCCC21. The Morgan fingerprint density at radius 1 is 1.38 bits per heavy atom. The summed E-state index contributed by atoms with van der Waals surface area (Å²) in [5, 5.41) is 0. The van der Waals surface area contributed by atoms with E-state index in [2.05, 4.69) is 25.2 Å². The summed E-state index contributed by atoms with van der Waals surface area (Å²) in [5.74, 6) is 1.94. The minimum atomic E-state index is 0.940. The highest BCUT2D eigenvalue weighted by atomic mass is 14.3. The number of hydrogen-bond acceptors (Lipinski definition) is 0. The van der Waals surface area contributed by atoms with Crippen molar-refractivity contribution < 1.29 is 0 Å². The molecule has 2 aliphatic rings. The van der Waals surface area contributed by atoms with Gasteiger partial charge >= 0.3 is 0 Å². The molecule has 0 nitrogen and oxygen atoms in total. The van der Waals surface area contributed by atoms with E-state index >= 15 is 0 Å². The summed E-state index contributed by atoms with van der Waals surface area (Å²) < 4.78 is 0. The zero-order chi connectivity index (χ0) is 9.10. The predicted octanol–water partition coefficient (Wildman–Crippen LogP) is 4.09. The summed E-state index contributed by atoms with van der Waals surface area (Å²) >= 11 is 0. The Morgan fingerprint density at radius 2 is 2.31 bits per heavy atom. The standard InChI is InChI=1S/C13H20/c1-2-11-9-10-12-7-5-3-4-6-8-13(11)12/h3,5,7,11,13H,2,4,6,8-10H2,1H3/b5-3-,12-7-. The van der Waals surface area contributed by atoms with Gasteiger partial charge < -0.3 is 0 Å². The average molecular weight is 176 g/mol. The Morgan fingerprint density at radius 3 is 3.15 bits per heavy atom.